The molecular weight excluding hydrogens is 112 g/mol. The van der Waals surface area contributed by atoms with Gasteiger partial charge in [-0.1, -0.05) is 12.5 Å². The average Bonchev–Trinajstić information content (AvgIpc) is 1.63. The summed E-state index contributed by atoms with van der Waals surface area (Å²) in [6.45, 7) is 6.07. The van der Waals surface area contributed by atoms with Crippen LogP contribution in [0, 0.1) is 0 Å². The fourth-order valence-corrected chi connectivity index (χ4v) is 1.77. The van der Waals surface area contributed by atoms with Gasteiger partial charge in [-0.2, -0.15) is 0 Å². The molecule has 1 heteroatoms. The molecule has 9 heavy (non-hydrogen) atoms. The van der Waals surface area contributed by atoms with E-state index in [1.165, 1.54) is 11.1 Å². The summed E-state index contributed by atoms with van der Waals surface area (Å²) in [5.41, 5.74) is 2.16. The lowest BCUT2D eigenvalue weighted by Gasteiger charge is -2.37. The Bertz CT molecular complexity index is 154. The number of rotatable bonds is 1. The summed E-state index contributed by atoms with van der Waals surface area (Å²) in [5, 5.41) is 9.49. The zero-order chi connectivity index (χ0) is 7.07. The zero-order valence-electron chi connectivity index (χ0n) is 6.36. The topological polar surface area (TPSA) is 20.2 Å². The van der Waals surface area contributed by atoms with E-state index in [9.17, 15) is 5.11 Å². The van der Waals surface area contributed by atoms with Crippen molar-refractivity contribution >= 4 is 0 Å². The third-order valence-electron chi connectivity index (χ3n) is 2.13. The van der Waals surface area contributed by atoms with E-state index in [4.69, 9.17) is 0 Å². The molecule has 1 aliphatic carbocycles. The van der Waals surface area contributed by atoms with E-state index in [0.717, 1.165) is 12.8 Å². The Kier molecular flexibility index (Phi) is 1.39. The van der Waals surface area contributed by atoms with Crippen molar-refractivity contribution in [1.82, 2.24) is 0 Å². The fourth-order valence-electron chi connectivity index (χ4n) is 1.77. The molecule has 0 aliphatic heterocycles. The van der Waals surface area contributed by atoms with Gasteiger partial charge in [-0.05, 0) is 25.8 Å². The van der Waals surface area contributed by atoms with Crippen LogP contribution in [0.4, 0.5) is 0 Å². The van der Waals surface area contributed by atoms with Crippen molar-refractivity contribution < 1.29 is 5.11 Å². The highest BCUT2D eigenvalue weighted by Crippen LogP contribution is 2.39. The number of hydrogen-bond acceptors (Lipinski definition) is 1. The van der Waals surface area contributed by atoms with E-state index in [-0.39, 0.29) is 0 Å². The predicted molar refractivity (Wildman–Crippen MR) is 38.2 cm³/mol. The second-order valence-electron chi connectivity index (χ2n) is 3.06. The highest BCUT2D eigenvalue weighted by Gasteiger charge is 2.34. The molecule has 0 radical (unpaired) electrons. The van der Waals surface area contributed by atoms with Crippen molar-refractivity contribution in [2.24, 2.45) is 0 Å². The van der Waals surface area contributed by atoms with Gasteiger partial charge in [-0.3, -0.25) is 0 Å². The maximum absolute atomic E-state index is 9.49. The van der Waals surface area contributed by atoms with Crippen LogP contribution in [0.15, 0.2) is 11.1 Å². The first-order valence-corrected chi connectivity index (χ1v) is 3.49. The molecule has 1 nitrogen and oxygen atoms in total. The van der Waals surface area contributed by atoms with Crippen LogP contribution < -0.4 is 0 Å². The minimum absolute atomic E-state index is 0.459. The summed E-state index contributed by atoms with van der Waals surface area (Å²) in [7, 11) is 0. The fraction of sp³-hybridized carbons (Fsp3) is 0.750. The molecule has 1 atom stereocenters. The SMILES string of the molecule is CCC1=C(C)CC1(C)O. The molecule has 1 rings (SSSR count). The molecule has 0 saturated carbocycles. The molecule has 0 fully saturated rings. The van der Waals surface area contributed by atoms with Gasteiger partial charge < -0.3 is 5.11 Å². The predicted octanol–water partition coefficient (Wildman–Crippen LogP) is 1.87. The molecule has 0 saturated heterocycles. The van der Waals surface area contributed by atoms with Gasteiger partial charge in [0.25, 0.3) is 0 Å². The largest absolute Gasteiger partial charge is 0.385 e. The Labute approximate surface area is 56.4 Å². The third kappa shape index (κ3) is 0.897. The normalized spacial score (nSPS) is 34.7. The lowest BCUT2D eigenvalue weighted by Crippen LogP contribution is -2.36. The monoisotopic (exact) mass is 126 g/mol. The van der Waals surface area contributed by atoms with Gasteiger partial charge in [-0.15, -0.1) is 0 Å². The van der Waals surface area contributed by atoms with Crippen LogP contribution >= 0.6 is 0 Å². The quantitative estimate of drug-likeness (QED) is 0.532. The van der Waals surface area contributed by atoms with Gasteiger partial charge in [0.1, 0.15) is 0 Å². The second-order valence-corrected chi connectivity index (χ2v) is 3.06. The van der Waals surface area contributed by atoms with E-state index in [1.807, 2.05) is 6.92 Å². The van der Waals surface area contributed by atoms with Crippen LogP contribution in [0.3, 0.4) is 0 Å². The first-order valence-electron chi connectivity index (χ1n) is 3.49. The van der Waals surface area contributed by atoms with Crippen molar-refractivity contribution in [2.75, 3.05) is 0 Å². The first kappa shape index (κ1) is 6.81. The van der Waals surface area contributed by atoms with E-state index < -0.39 is 5.60 Å². The van der Waals surface area contributed by atoms with Gasteiger partial charge >= 0.3 is 0 Å². The minimum Gasteiger partial charge on any atom is -0.385 e. The van der Waals surface area contributed by atoms with Crippen LogP contribution in [-0.2, 0) is 0 Å². The molecule has 52 valence electrons. The number of hydrogen-bond donors (Lipinski definition) is 1. The highest BCUT2D eigenvalue weighted by atomic mass is 16.3. The van der Waals surface area contributed by atoms with Crippen molar-refractivity contribution in [1.29, 1.82) is 0 Å². The lowest BCUT2D eigenvalue weighted by molar-refractivity contribution is 0.0714. The van der Waals surface area contributed by atoms with Gasteiger partial charge in [0, 0.05) is 6.42 Å². The number of aliphatic hydroxyl groups is 1. The van der Waals surface area contributed by atoms with Crippen molar-refractivity contribution in [3.63, 3.8) is 0 Å². The van der Waals surface area contributed by atoms with Gasteiger partial charge in [0.05, 0.1) is 5.60 Å². The standard InChI is InChI=1S/C8H14O/c1-4-7-6(2)5-8(7,3)9/h9H,4-5H2,1-3H3. The Balaban J connectivity index is 2.76. The van der Waals surface area contributed by atoms with E-state index in [2.05, 4.69) is 13.8 Å². The van der Waals surface area contributed by atoms with Gasteiger partial charge in [0.15, 0.2) is 0 Å². The van der Waals surface area contributed by atoms with Crippen LogP contribution in [-0.4, -0.2) is 10.7 Å². The molecule has 0 bridgehead atoms. The molecule has 1 unspecified atom stereocenters. The molecule has 0 aromatic carbocycles. The van der Waals surface area contributed by atoms with E-state index >= 15 is 0 Å². The van der Waals surface area contributed by atoms with Crippen LogP contribution in [0.25, 0.3) is 0 Å². The molecule has 0 spiro atoms. The molecule has 0 amide bonds. The van der Waals surface area contributed by atoms with Crippen molar-refractivity contribution in [2.45, 2.75) is 39.2 Å². The molecule has 0 aromatic heterocycles. The maximum Gasteiger partial charge on any atom is 0.0868 e. The summed E-state index contributed by atoms with van der Waals surface area (Å²) < 4.78 is 0. The van der Waals surface area contributed by atoms with Gasteiger partial charge in [0.2, 0.25) is 0 Å². The molecule has 1 aliphatic rings. The van der Waals surface area contributed by atoms with Crippen LogP contribution in [0.5, 0.6) is 0 Å². The summed E-state index contributed by atoms with van der Waals surface area (Å²) >= 11 is 0. The third-order valence-corrected chi connectivity index (χ3v) is 2.13. The Hall–Kier alpha value is -0.300. The van der Waals surface area contributed by atoms with E-state index in [0.29, 0.717) is 0 Å². The lowest BCUT2D eigenvalue weighted by atomic mass is 9.74. The maximum atomic E-state index is 9.49. The smallest absolute Gasteiger partial charge is 0.0868 e. The minimum atomic E-state index is -0.459. The van der Waals surface area contributed by atoms with Crippen LogP contribution in [0.2, 0.25) is 0 Å². The Morgan fingerprint density at radius 3 is 2.33 bits per heavy atom. The van der Waals surface area contributed by atoms with Gasteiger partial charge in [-0.25, -0.2) is 0 Å². The summed E-state index contributed by atoms with van der Waals surface area (Å²) in [6, 6.07) is 0. The van der Waals surface area contributed by atoms with E-state index in [1.54, 1.807) is 0 Å². The Morgan fingerprint density at radius 2 is 2.22 bits per heavy atom. The highest BCUT2D eigenvalue weighted by molar-refractivity contribution is 5.33. The zero-order valence-corrected chi connectivity index (χ0v) is 6.36. The molecule has 0 heterocycles. The second kappa shape index (κ2) is 1.84. The average molecular weight is 126 g/mol. The first-order chi connectivity index (χ1) is 4.08. The molecule has 0 aromatic rings. The summed E-state index contributed by atoms with van der Waals surface area (Å²) in [5.74, 6) is 0. The van der Waals surface area contributed by atoms with Crippen molar-refractivity contribution in [3.05, 3.63) is 11.1 Å². The van der Waals surface area contributed by atoms with Crippen LogP contribution in [0.1, 0.15) is 33.6 Å². The summed E-state index contributed by atoms with van der Waals surface area (Å²) in [6.07, 6.45) is 1.87. The Morgan fingerprint density at radius 1 is 1.67 bits per heavy atom. The van der Waals surface area contributed by atoms with Crippen molar-refractivity contribution in [3.8, 4) is 0 Å². The molecule has 1 N–H and O–H groups in total. The summed E-state index contributed by atoms with van der Waals surface area (Å²) in [4.78, 5) is 0. The molecular formula is C8H14O.